The average molecular weight is 398 g/mol. The van der Waals surface area contributed by atoms with Gasteiger partial charge in [0, 0.05) is 23.7 Å². The number of aromatic amines is 1. The van der Waals surface area contributed by atoms with Crippen LogP contribution in [0.5, 0.6) is 11.6 Å². The molecule has 0 saturated carbocycles. The number of hydrogen-bond donors (Lipinski definition) is 5. The highest BCUT2D eigenvalue weighted by Gasteiger charge is 2.45. The number of aromatic nitrogens is 2. The molecule has 1 aliphatic heterocycles. The number of halogens is 1. The number of methoxy groups -OCH3 is 1. The van der Waals surface area contributed by atoms with Crippen LogP contribution in [0.15, 0.2) is 18.2 Å². The van der Waals surface area contributed by atoms with Crippen LogP contribution in [0.1, 0.15) is 16.8 Å². The lowest BCUT2D eigenvalue weighted by Gasteiger charge is -2.39. The molecule has 0 spiro atoms. The molecule has 1 aromatic carbocycles. The molecule has 9 nitrogen and oxygen atoms in total. The van der Waals surface area contributed by atoms with Crippen LogP contribution >= 0.6 is 0 Å². The molecule has 2 heterocycles. The zero-order valence-electron chi connectivity index (χ0n) is 15.4. The molecule has 154 valence electrons. The Labute approximate surface area is 160 Å². The predicted molar refractivity (Wildman–Crippen MR) is 93.5 cm³/mol. The first kappa shape index (κ1) is 20.5. The highest BCUT2D eigenvalue weighted by Crippen LogP contribution is 2.29. The summed E-state index contributed by atoms with van der Waals surface area (Å²) in [6.45, 7) is 1.15. The third-order valence-electron chi connectivity index (χ3n) is 4.74. The van der Waals surface area contributed by atoms with Crippen LogP contribution in [-0.4, -0.2) is 75.0 Å². The van der Waals surface area contributed by atoms with Gasteiger partial charge in [-0.1, -0.05) is 6.07 Å². The molecular formula is C18H23FN2O7. The minimum Gasteiger partial charge on any atom is -0.497 e. The lowest BCUT2D eigenvalue weighted by Crippen LogP contribution is -2.60. The Morgan fingerprint density at radius 2 is 1.96 bits per heavy atom. The Kier molecular flexibility index (Phi) is 6.16. The molecule has 0 bridgehead atoms. The minimum atomic E-state index is -1.57. The van der Waals surface area contributed by atoms with Crippen molar-refractivity contribution < 1.29 is 39.0 Å². The zero-order chi connectivity index (χ0) is 20.4. The number of H-pyrrole nitrogens is 1. The summed E-state index contributed by atoms with van der Waals surface area (Å²) < 4.78 is 30.2. The van der Waals surface area contributed by atoms with Gasteiger partial charge in [0.15, 0.2) is 0 Å². The fourth-order valence-electron chi connectivity index (χ4n) is 3.00. The summed E-state index contributed by atoms with van der Waals surface area (Å²) in [7, 11) is 1.45. The average Bonchev–Trinajstić information content (AvgIpc) is 3.03. The van der Waals surface area contributed by atoms with Gasteiger partial charge in [0.2, 0.25) is 12.2 Å². The van der Waals surface area contributed by atoms with E-state index in [9.17, 15) is 24.8 Å². The second kappa shape index (κ2) is 8.41. The van der Waals surface area contributed by atoms with Gasteiger partial charge < -0.3 is 34.6 Å². The summed E-state index contributed by atoms with van der Waals surface area (Å²) >= 11 is 0. The van der Waals surface area contributed by atoms with Gasteiger partial charge in [-0.15, -0.1) is 5.10 Å². The summed E-state index contributed by atoms with van der Waals surface area (Å²) in [5, 5.41) is 45.8. The molecule has 0 unspecified atom stereocenters. The fourth-order valence-corrected chi connectivity index (χ4v) is 3.00. The molecule has 0 aliphatic carbocycles. The Balaban J connectivity index is 1.81. The summed E-state index contributed by atoms with van der Waals surface area (Å²) in [5.41, 5.74) is 1.53. The van der Waals surface area contributed by atoms with Gasteiger partial charge in [-0.2, -0.15) is 0 Å². The van der Waals surface area contributed by atoms with E-state index in [1.54, 1.807) is 19.1 Å². The van der Waals surface area contributed by atoms with Crippen molar-refractivity contribution in [1.29, 1.82) is 0 Å². The number of hydrogen-bond acceptors (Lipinski definition) is 8. The maximum absolute atomic E-state index is 14.3. The molecule has 1 fully saturated rings. The van der Waals surface area contributed by atoms with Crippen LogP contribution in [0.2, 0.25) is 0 Å². The molecule has 5 N–H and O–H groups in total. The van der Waals surface area contributed by atoms with Crippen molar-refractivity contribution in [1.82, 2.24) is 10.2 Å². The Morgan fingerprint density at radius 3 is 2.61 bits per heavy atom. The van der Waals surface area contributed by atoms with Crippen molar-refractivity contribution in [2.45, 2.75) is 44.1 Å². The second-order valence-corrected chi connectivity index (χ2v) is 6.58. The highest BCUT2D eigenvalue weighted by molar-refractivity contribution is 5.38. The summed E-state index contributed by atoms with van der Waals surface area (Å²) in [6.07, 6.45) is -6.97. The van der Waals surface area contributed by atoms with E-state index < -0.39 is 43.1 Å². The number of aliphatic hydroxyl groups excluding tert-OH is 4. The normalized spacial score (nSPS) is 27.6. The van der Waals surface area contributed by atoms with Crippen molar-refractivity contribution in [2.75, 3.05) is 13.7 Å². The van der Waals surface area contributed by atoms with Crippen LogP contribution in [0.3, 0.4) is 0 Å². The largest absolute Gasteiger partial charge is 0.497 e. The molecule has 2 aromatic rings. The van der Waals surface area contributed by atoms with E-state index >= 15 is 0 Å². The van der Waals surface area contributed by atoms with Gasteiger partial charge in [-0.3, -0.25) is 5.10 Å². The maximum Gasteiger partial charge on any atom is 0.238 e. The molecule has 10 heteroatoms. The van der Waals surface area contributed by atoms with E-state index in [-0.39, 0.29) is 12.3 Å². The molecule has 0 radical (unpaired) electrons. The van der Waals surface area contributed by atoms with E-state index in [1.807, 2.05) is 0 Å². The minimum absolute atomic E-state index is 0.0528. The van der Waals surface area contributed by atoms with Gasteiger partial charge in [-0.25, -0.2) is 4.39 Å². The van der Waals surface area contributed by atoms with Gasteiger partial charge >= 0.3 is 0 Å². The van der Waals surface area contributed by atoms with Crippen LogP contribution in [-0.2, 0) is 11.2 Å². The van der Waals surface area contributed by atoms with Crippen LogP contribution in [0, 0.1) is 12.7 Å². The van der Waals surface area contributed by atoms with Crippen molar-refractivity contribution in [3.05, 3.63) is 40.8 Å². The summed E-state index contributed by atoms with van der Waals surface area (Å²) in [4.78, 5) is 0. The number of aryl methyl sites for hydroxylation is 1. The van der Waals surface area contributed by atoms with E-state index in [4.69, 9.17) is 14.2 Å². The highest BCUT2D eigenvalue weighted by atomic mass is 19.1. The first-order valence-electron chi connectivity index (χ1n) is 8.69. The number of nitrogens with zero attached hydrogens (tertiary/aromatic N) is 1. The Hall–Kier alpha value is -2.24. The summed E-state index contributed by atoms with van der Waals surface area (Å²) in [6, 6.07) is 4.48. The van der Waals surface area contributed by atoms with Crippen molar-refractivity contribution in [3.63, 3.8) is 0 Å². The number of aliphatic hydroxyl groups is 4. The maximum atomic E-state index is 14.3. The van der Waals surface area contributed by atoms with Crippen LogP contribution < -0.4 is 9.47 Å². The number of nitrogens with one attached hydrogen (secondary N) is 1. The van der Waals surface area contributed by atoms with Gasteiger partial charge in [0.1, 0.15) is 36.0 Å². The van der Waals surface area contributed by atoms with Crippen LogP contribution in [0.4, 0.5) is 4.39 Å². The predicted octanol–water partition coefficient (Wildman–Crippen LogP) is -0.365. The number of ether oxygens (including phenoxy) is 3. The van der Waals surface area contributed by atoms with Gasteiger partial charge in [0.05, 0.1) is 13.7 Å². The first-order chi connectivity index (χ1) is 13.3. The van der Waals surface area contributed by atoms with Crippen LogP contribution in [0.25, 0.3) is 0 Å². The lowest BCUT2D eigenvalue weighted by molar-refractivity contribution is -0.278. The molecule has 1 saturated heterocycles. The zero-order valence-corrected chi connectivity index (χ0v) is 15.4. The van der Waals surface area contributed by atoms with E-state index in [2.05, 4.69) is 10.2 Å². The van der Waals surface area contributed by atoms with Crippen molar-refractivity contribution >= 4 is 0 Å². The smallest absolute Gasteiger partial charge is 0.238 e. The second-order valence-electron chi connectivity index (χ2n) is 6.58. The molecule has 3 rings (SSSR count). The number of benzene rings is 1. The fraction of sp³-hybridized carbons (Fsp3) is 0.500. The Morgan fingerprint density at radius 1 is 1.21 bits per heavy atom. The van der Waals surface area contributed by atoms with E-state index in [1.165, 1.54) is 13.2 Å². The van der Waals surface area contributed by atoms with Gasteiger partial charge in [0.25, 0.3) is 0 Å². The Bertz CT molecular complexity index is 813. The molecule has 28 heavy (non-hydrogen) atoms. The molecule has 5 atom stereocenters. The first-order valence-corrected chi connectivity index (χ1v) is 8.69. The van der Waals surface area contributed by atoms with Gasteiger partial charge in [-0.05, 0) is 18.6 Å². The lowest BCUT2D eigenvalue weighted by atomic mass is 9.99. The van der Waals surface area contributed by atoms with Crippen molar-refractivity contribution in [2.24, 2.45) is 0 Å². The quantitative estimate of drug-likeness (QED) is 0.445. The topological polar surface area (TPSA) is 137 Å². The molecule has 1 aromatic heterocycles. The third kappa shape index (κ3) is 3.96. The number of rotatable bonds is 6. The van der Waals surface area contributed by atoms with E-state index in [0.717, 1.165) is 0 Å². The third-order valence-corrected chi connectivity index (χ3v) is 4.74. The standard InChI is InChI=1S/C18H23FN2O7/c1-8-11(5-9-3-4-10(26-2)6-12(9)19)17(21-20-8)28-18-16(25)15(24)14(23)13(7-22)27-18/h3-4,6,13-16,18,22-25H,5,7H2,1-2H3,(H,20,21)/t13-,14-,15+,16-,18-/m1/s1. The molecule has 1 aliphatic rings. The molecule has 0 amide bonds. The molecular weight excluding hydrogens is 375 g/mol. The monoisotopic (exact) mass is 398 g/mol. The SMILES string of the molecule is COc1ccc(Cc2c(O[C@H]3O[C@H](CO)[C@@H](O)[C@H](O)[C@H]3O)n[nH]c2C)c(F)c1. The van der Waals surface area contributed by atoms with Crippen molar-refractivity contribution in [3.8, 4) is 11.6 Å². The van der Waals surface area contributed by atoms with E-state index in [0.29, 0.717) is 22.6 Å². The summed E-state index contributed by atoms with van der Waals surface area (Å²) in [5.74, 6) is -0.0151.